The molecule has 0 saturated carbocycles. The van der Waals surface area contributed by atoms with Crippen LogP contribution in [0.15, 0.2) is 17.5 Å². The van der Waals surface area contributed by atoms with Gasteiger partial charge in [-0.15, -0.1) is 11.3 Å². The molecule has 0 radical (unpaired) electrons. The summed E-state index contributed by atoms with van der Waals surface area (Å²) in [7, 11) is 0. The zero-order chi connectivity index (χ0) is 12.5. The van der Waals surface area contributed by atoms with E-state index < -0.39 is 0 Å². The van der Waals surface area contributed by atoms with Crippen LogP contribution < -0.4 is 5.32 Å². The summed E-state index contributed by atoms with van der Waals surface area (Å²) in [5.41, 5.74) is 0. The third-order valence-corrected chi connectivity index (χ3v) is 4.31. The normalized spacial score (nSPS) is 14.8. The highest BCUT2D eigenvalue weighted by Crippen LogP contribution is 2.18. The molecule has 1 rings (SSSR count). The second-order valence-electron chi connectivity index (χ2n) is 4.94. The first-order valence-corrected chi connectivity index (χ1v) is 7.91. The summed E-state index contributed by atoms with van der Waals surface area (Å²) >= 11 is 1.89. The highest BCUT2D eigenvalue weighted by atomic mass is 32.1. The summed E-state index contributed by atoms with van der Waals surface area (Å²) in [6.07, 6.45) is 6.37. The summed E-state index contributed by atoms with van der Waals surface area (Å²) < 4.78 is 0. The monoisotopic (exact) mass is 253 g/mol. The molecule has 0 amide bonds. The fourth-order valence-corrected chi connectivity index (χ4v) is 3.05. The van der Waals surface area contributed by atoms with E-state index in [2.05, 4.69) is 43.6 Å². The van der Waals surface area contributed by atoms with Gasteiger partial charge in [-0.2, -0.15) is 0 Å². The number of hydrogen-bond acceptors (Lipinski definition) is 2. The van der Waals surface area contributed by atoms with Gasteiger partial charge in [-0.05, 0) is 49.6 Å². The van der Waals surface area contributed by atoms with Gasteiger partial charge in [0.05, 0.1) is 0 Å². The van der Waals surface area contributed by atoms with Gasteiger partial charge in [-0.3, -0.25) is 0 Å². The smallest absolute Gasteiger partial charge is 0.00961 e. The Morgan fingerprint density at radius 3 is 2.65 bits per heavy atom. The second-order valence-corrected chi connectivity index (χ2v) is 5.98. The van der Waals surface area contributed by atoms with Crippen LogP contribution in [-0.2, 0) is 6.42 Å². The first-order valence-electron chi connectivity index (χ1n) is 7.03. The first-order chi connectivity index (χ1) is 8.27. The summed E-state index contributed by atoms with van der Waals surface area (Å²) in [5.74, 6) is 0.798. The molecule has 0 aromatic carbocycles. The summed E-state index contributed by atoms with van der Waals surface area (Å²) in [5, 5.41) is 5.90. The molecule has 98 valence electrons. The van der Waals surface area contributed by atoms with Crippen LogP contribution in [0.4, 0.5) is 0 Å². The van der Waals surface area contributed by atoms with Gasteiger partial charge < -0.3 is 5.32 Å². The average Bonchev–Trinajstić information content (AvgIpc) is 2.82. The Kier molecular flexibility index (Phi) is 7.54. The molecule has 0 bridgehead atoms. The lowest BCUT2D eigenvalue weighted by atomic mass is 9.93. The molecule has 2 unspecified atom stereocenters. The zero-order valence-electron chi connectivity index (χ0n) is 11.5. The maximum Gasteiger partial charge on any atom is 0.00961 e. The molecule has 17 heavy (non-hydrogen) atoms. The van der Waals surface area contributed by atoms with Crippen LogP contribution in [0.5, 0.6) is 0 Å². The van der Waals surface area contributed by atoms with E-state index in [9.17, 15) is 0 Å². The average molecular weight is 253 g/mol. The van der Waals surface area contributed by atoms with Gasteiger partial charge in [-0.25, -0.2) is 0 Å². The maximum absolute atomic E-state index is 3.72. The van der Waals surface area contributed by atoms with Gasteiger partial charge in [0.15, 0.2) is 0 Å². The third kappa shape index (κ3) is 5.69. The maximum atomic E-state index is 3.72. The van der Waals surface area contributed by atoms with Crippen LogP contribution in [0.1, 0.15) is 51.3 Å². The molecule has 0 aliphatic carbocycles. The van der Waals surface area contributed by atoms with Crippen LogP contribution in [0.2, 0.25) is 0 Å². The third-order valence-electron chi connectivity index (χ3n) is 3.37. The fraction of sp³-hybridized carbons (Fsp3) is 0.733. The van der Waals surface area contributed by atoms with Crippen LogP contribution in [0, 0.1) is 5.92 Å². The van der Waals surface area contributed by atoms with Crippen LogP contribution in [0.25, 0.3) is 0 Å². The zero-order valence-corrected chi connectivity index (χ0v) is 12.4. The molecule has 0 saturated heterocycles. The van der Waals surface area contributed by atoms with Gasteiger partial charge in [0, 0.05) is 10.9 Å². The number of thiophene rings is 1. The number of rotatable bonds is 9. The largest absolute Gasteiger partial charge is 0.314 e. The van der Waals surface area contributed by atoms with Crippen molar-refractivity contribution in [2.24, 2.45) is 5.92 Å². The Morgan fingerprint density at radius 1 is 1.24 bits per heavy atom. The van der Waals surface area contributed by atoms with Gasteiger partial charge in [0.1, 0.15) is 0 Å². The Balaban J connectivity index is 2.39. The van der Waals surface area contributed by atoms with Crippen molar-refractivity contribution in [2.45, 2.75) is 58.9 Å². The van der Waals surface area contributed by atoms with E-state index in [0.29, 0.717) is 6.04 Å². The van der Waals surface area contributed by atoms with Gasteiger partial charge in [-0.1, -0.05) is 33.3 Å². The minimum atomic E-state index is 0.692. The number of hydrogen-bond donors (Lipinski definition) is 1. The van der Waals surface area contributed by atoms with Crippen molar-refractivity contribution in [3.63, 3.8) is 0 Å². The van der Waals surface area contributed by atoms with E-state index >= 15 is 0 Å². The van der Waals surface area contributed by atoms with Gasteiger partial charge >= 0.3 is 0 Å². The van der Waals surface area contributed by atoms with Gasteiger partial charge in [0.25, 0.3) is 0 Å². The van der Waals surface area contributed by atoms with Crippen molar-refractivity contribution < 1.29 is 0 Å². The van der Waals surface area contributed by atoms with Crippen molar-refractivity contribution in [1.82, 2.24) is 5.32 Å². The van der Waals surface area contributed by atoms with E-state index in [4.69, 9.17) is 0 Å². The van der Waals surface area contributed by atoms with Crippen molar-refractivity contribution in [3.8, 4) is 0 Å². The van der Waals surface area contributed by atoms with E-state index in [1.54, 1.807) is 0 Å². The number of nitrogens with one attached hydrogen (secondary N) is 1. The first kappa shape index (κ1) is 14.7. The molecule has 1 nitrogen and oxygen atoms in total. The lowest BCUT2D eigenvalue weighted by molar-refractivity contribution is 0.338. The van der Waals surface area contributed by atoms with Crippen LogP contribution >= 0.6 is 11.3 Å². The molecular formula is C15H27NS. The molecule has 0 spiro atoms. The minimum absolute atomic E-state index is 0.692. The Bertz CT molecular complexity index is 268. The second kappa shape index (κ2) is 8.71. The molecule has 0 aliphatic rings. The fourth-order valence-electron chi connectivity index (χ4n) is 2.33. The molecule has 2 atom stereocenters. The van der Waals surface area contributed by atoms with E-state index in [-0.39, 0.29) is 0 Å². The molecule has 0 aliphatic heterocycles. The molecule has 0 fully saturated rings. The molecule has 1 aromatic rings. The SMILES string of the molecule is CCCNC(CCc1cccs1)C(C)CCC. The summed E-state index contributed by atoms with van der Waals surface area (Å²) in [6.45, 7) is 8.08. The molecule has 1 heterocycles. The minimum Gasteiger partial charge on any atom is -0.314 e. The molecule has 2 heteroatoms. The topological polar surface area (TPSA) is 12.0 Å². The summed E-state index contributed by atoms with van der Waals surface area (Å²) in [4.78, 5) is 1.52. The van der Waals surface area contributed by atoms with E-state index in [1.165, 1.54) is 37.0 Å². The molecular weight excluding hydrogens is 226 g/mol. The molecule has 1 N–H and O–H groups in total. The summed E-state index contributed by atoms with van der Waals surface area (Å²) in [6, 6.07) is 5.10. The van der Waals surface area contributed by atoms with Crippen molar-refractivity contribution in [2.75, 3.05) is 6.54 Å². The predicted octanol–water partition coefficient (Wildman–Crippen LogP) is 4.49. The standard InChI is InChI=1S/C15H27NS/c1-4-7-13(3)15(16-11-5-2)10-9-14-8-6-12-17-14/h6,8,12-13,15-16H,4-5,7,9-11H2,1-3H3. The molecule has 1 aromatic heterocycles. The number of aryl methyl sites for hydroxylation is 1. The predicted molar refractivity (Wildman–Crippen MR) is 78.8 cm³/mol. The van der Waals surface area contributed by atoms with Crippen molar-refractivity contribution >= 4 is 11.3 Å². The highest BCUT2D eigenvalue weighted by Gasteiger charge is 2.15. The highest BCUT2D eigenvalue weighted by molar-refractivity contribution is 7.09. The Hall–Kier alpha value is -0.340. The van der Waals surface area contributed by atoms with Crippen LogP contribution in [-0.4, -0.2) is 12.6 Å². The van der Waals surface area contributed by atoms with E-state index in [0.717, 1.165) is 12.5 Å². The van der Waals surface area contributed by atoms with Crippen LogP contribution in [0.3, 0.4) is 0 Å². The Morgan fingerprint density at radius 2 is 2.06 bits per heavy atom. The lowest BCUT2D eigenvalue weighted by Crippen LogP contribution is -2.35. The Labute approximate surface area is 111 Å². The quantitative estimate of drug-likeness (QED) is 0.684. The van der Waals surface area contributed by atoms with Crippen molar-refractivity contribution in [3.05, 3.63) is 22.4 Å². The van der Waals surface area contributed by atoms with E-state index in [1.807, 2.05) is 11.3 Å². The lowest BCUT2D eigenvalue weighted by Gasteiger charge is -2.25. The van der Waals surface area contributed by atoms with Gasteiger partial charge in [0.2, 0.25) is 0 Å². The van der Waals surface area contributed by atoms with Crippen molar-refractivity contribution in [1.29, 1.82) is 0 Å².